The Morgan fingerprint density at radius 3 is 2.53 bits per heavy atom. The number of piperidine rings is 1. The number of rotatable bonds is 4. The average molecular weight is 513 g/mol. The second kappa shape index (κ2) is 9.85. The summed E-state index contributed by atoms with van der Waals surface area (Å²) in [4.78, 5) is 32.4. The van der Waals surface area contributed by atoms with Crippen molar-refractivity contribution >= 4 is 40.1 Å². The number of halogens is 2. The fourth-order valence-corrected chi connectivity index (χ4v) is 5.06. The van der Waals surface area contributed by atoms with Crippen LogP contribution in [0.15, 0.2) is 30.6 Å². The summed E-state index contributed by atoms with van der Waals surface area (Å²) in [5.41, 5.74) is 3.23. The van der Waals surface area contributed by atoms with Gasteiger partial charge in [-0.3, -0.25) is 9.59 Å². The number of hydrogen-bond donors (Lipinski definition) is 1. The van der Waals surface area contributed by atoms with Crippen molar-refractivity contribution in [3.63, 3.8) is 0 Å². The van der Waals surface area contributed by atoms with E-state index in [1.807, 2.05) is 30.4 Å². The van der Waals surface area contributed by atoms with Gasteiger partial charge in [0, 0.05) is 42.7 Å². The molecule has 0 saturated carbocycles. The number of nitrogens with zero attached hydrogens (tertiary/aromatic N) is 3. The molecule has 1 aliphatic heterocycles. The molecule has 36 heavy (non-hydrogen) atoms. The molecule has 1 saturated heterocycles. The van der Waals surface area contributed by atoms with Gasteiger partial charge in [0.25, 0.3) is 5.91 Å². The van der Waals surface area contributed by atoms with Crippen LogP contribution < -0.4 is 5.32 Å². The Kier molecular flexibility index (Phi) is 7.15. The molecule has 0 bridgehead atoms. The lowest BCUT2D eigenvalue weighted by Gasteiger charge is -2.37. The first-order valence-electron chi connectivity index (χ1n) is 12.4. The number of aryl methyl sites for hydroxylation is 2. The summed E-state index contributed by atoms with van der Waals surface area (Å²) >= 11 is 5.97. The maximum Gasteiger partial charge on any atom is 0.258 e. The van der Waals surface area contributed by atoms with Crippen molar-refractivity contribution in [1.82, 2.24) is 14.5 Å². The van der Waals surface area contributed by atoms with Crippen molar-refractivity contribution < 1.29 is 14.0 Å². The summed E-state index contributed by atoms with van der Waals surface area (Å²) in [5, 5.41) is 4.10. The SMILES string of the molecule is Cc1c(NC(=O)c2cc(Cl)ccc2F)cnc2c1c(C1CCN(C(=O)C(C)C(C)(C)C)CC1)cn2C. The highest BCUT2D eigenvalue weighted by molar-refractivity contribution is 6.31. The van der Waals surface area contributed by atoms with Crippen molar-refractivity contribution in [1.29, 1.82) is 0 Å². The van der Waals surface area contributed by atoms with Crippen molar-refractivity contribution in [2.24, 2.45) is 18.4 Å². The molecule has 1 unspecified atom stereocenters. The summed E-state index contributed by atoms with van der Waals surface area (Å²) in [6, 6.07) is 3.91. The third-order valence-electron chi connectivity index (χ3n) is 7.61. The van der Waals surface area contributed by atoms with E-state index in [1.165, 1.54) is 23.8 Å². The highest BCUT2D eigenvalue weighted by Crippen LogP contribution is 2.38. The molecule has 1 aromatic carbocycles. The normalized spacial score (nSPS) is 15.8. The molecule has 1 aliphatic rings. The lowest BCUT2D eigenvalue weighted by molar-refractivity contribution is -0.139. The highest BCUT2D eigenvalue weighted by atomic mass is 35.5. The summed E-state index contributed by atoms with van der Waals surface area (Å²) in [6.07, 6.45) is 5.45. The molecule has 0 aliphatic carbocycles. The molecule has 2 aromatic heterocycles. The van der Waals surface area contributed by atoms with Crippen LogP contribution in [0.3, 0.4) is 0 Å². The van der Waals surface area contributed by atoms with Gasteiger partial charge in [0.15, 0.2) is 0 Å². The minimum absolute atomic E-state index is 0.0337. The third-order valence-corrected chi connectivity index (χ3v) is 7.85. The molecule has 192 valence electrons. The Bertz CT molecular complexity index is 1320. The van der Waals surface area contributed by atoms with Gasteiger partial charge < -0.3 is 14.8 Å². The molecular weight excluding hydrogens is 479 g/mol. The Morgan fingerprint density at radius 2 is 1.89 bits per heavy atom. The van der Waals surface area contributed by atoms with E-state index in [0.29, 0.717) is 10.7 Å². The van der Waals surface area contributed by atoms with E-state index in [9.17, 15) is 14.0 Å². The fraction of sp³-hybridized carbons (Fsp3) is 0.464. The standard InChI is InChI=1S/C28H34ClFN4O2/c1-16-23(32-26(35)20-13-19(29)7-8-22(20)30)14-31-25-24(16)21(15-33(25)6)18-9-11-34(12-10-18)27(36)17(2)28(3,4)5/h7-8,13-15,17-18H,9-12H2,1-6H3,(H,32,35). The summed E-state index contributed by atoms with van der Waals surface area (Å²) in [5.74, 6) is -0.745. The fourth-order valence-electron chi connectivity index (χ4n) is 4.89. The molecule has 8 heteroatoms. The first kappa shape index (κ1) is 26.1. The number of carbonyl (C=O) groups is 2. The molecule has 4 rings (SSSR count). The lowest BCUT2D eigenvalue weighted by Crippen LogP contribution is -2.43. The zero-order valence-electron chi connectivity index (χ0n) is 21.8. The topological polar surface area (TPSA) is 67.2 Å². The van der Waals surface area contributed by atoms with Gasteiger partial charge in [0.05, 0.1) is 17.4 Å². The first-order chi connectivity index (χ1) is 16.9. The number of aromatic nitrogens is 2. The number of pyridine rings is 1. The molecule has 3 heterocycles. The number of likely N-dealkylation sites (tertiary alicyclic amines) is 1. The summed E-state index contributed by atoms with van der Waals surface area (Å²) in [7, 11) is 1.96. The monoisotopic (exact) mass is 512 g/mol. The number of amides is 2. The lowest BCUT2D eigenvalue weighted by atomic mass is 9.80. The van der Waals surface area contributed by atoms with E-state index in [2.05, 4.69) is 37.3 Å². The van der Waals surface area contributed by atoms with Gasteiger partial charge in [-0.2, -0.15) is 0 Å². The number of carbonyl (C=O) groups excluding carboxylic acids is 2. The molecule has 1 fully saturated rings. The zero-order valence-corrected chi connectivity index (χ0v) is 22.5. The molecule has 1 N–H and O–H groups in total. The Labute approximate surface area is 216 Å². The van der Waals surface area contributed by atoms with Crippen LogP contribution >= 0.6 is 11.6 Å². The van der Waals surface area contributed by atoms with E-state index in [-0.39, 0.29) is 28.7 Å². The zero-order chi connectivity index (χ0) is 26.4. The first-order valence-corrected chi connectivity index (χ1v) is 12.8. The molecule has 0 radical (unpaired) electrons. The maximum atomic E-state index is 14.2. The number of fused-ring (bicyclic) bond motifs is 1. The van der Waals surface area contributed by atoms with Crippen LogP contribution in [0.4, 0.5) is 10.1 Å². The second-order valence-corrected chi connectivity index (χ2v) is 11.4. The van der Waals surface area contributed by atoms with Gasteiger partial charge in [-0.05, 0) is 60.4 Å². The minimum Gasteiger partial charge on any atom is -0.342 e. The summed E-state index contributed by atoms with van der Waals surface area (Å²) < 4.78 is 16.2. The highest BCUT2D eigenvalue weighted by Gasteiger charge is 2.33. The second-order valence-electron chi connectivity index (χ2n) is 11.0. The number of anilines is 1. The number of hydrogen-bond acceptors (Lipinski definition) is 3. The van der Waals surface area contributed by atoms with Crippen LogP contribution in [0, 0.1) is 24.1 Å². The predicted octanol–water partition coefficient (Wildman–Crippen LogP) is 6.31. The van der Waals surface area contributed by atoms with Crippen LogP contribution in [0.1, 0.15) is 67.9 Å². The quantitative estimate of drug-likeness (QED) is 0.445. The van der Waals surface area contributed by atoms with Crippen LogP contribution in [-0.4, -0.2) is 39.4 Å². The molecule has 2 amide bonds. The number of benzene rings is 1. The van der Waals surface area contributed by atoms with Gasteiger partial charge in [-0.25, -0.2) is 9.37 Å². The Hall–Kier alpha value is -2.93. The van der Waals surface area contributed by atoms with Crippen LogP contribution in [-0.2, 0) is 11.8 Å². The van der Waals surface area contributed by atoms with Crippen molar-refractivity contribution in [3.05, 3.63) is 58.1 Å². The molecule has 0 spiro atoms. The Morgan fingerprint density at radius 1 is 1.22 bits per heavy atom. The van der Waals surface area contributed by atoms with Gasteiger partial charge in [0.2, 0.25) is 5.91 Å². The predicted molar refractivity (Wildman–Crippen MR) is 142 cm³/mol. The van der Waals surface area contributed by atoms with E-state index < -0.39 is 11.7 Å². The van der Waals surface area contributed by atoms with Gasteiger partial charge in [0.1, 0.15) is 11.5 Å². The molecule has 1 atom stereocenters. The van der Waals surface area contributed by atoms with E-state index in [1.54, 1.807) is 6.20 Å². The third kappa shape index (κ3) is 4.99. The van der Waals surface area contributed by atoms with Crippen LogP contribution in [0.25, 0.3) is 11.0 Å². The Balaban J connectivity index is 1.58. The molecule has 3 aromatic rings. The maximum absolute atomic E-state index is 14.2. The minimum atomic E-state index is -0.633. The van der Waals surface area contributed by atoms with Crippen molar-refractivity contribution in [2.75, 3.05) is 18.4 Å². The van der Waals surface area contributed by atoms with Crippen LogP contribution in [0.5, 0.6) is 0 Å². The average Bonchev–Trinajstić information content (AvgIpc) is 3.17. The van der Waals surface area contributed by atoms with Gasteiger partial charge in [-0.15, -0.1) is 0 Å². The molecular formula is C28H34ClFN4O2. The van der Waals surface area contributed by atoms with Crippen molar-refractivity contribution in [2.45, 2.75) is 53.4 Å². The van der Waals surface area contributed by atoms with Gasteiger partial charge >= 0.3 is 0 Å². The smallest absolute Gasteiger partial charge is 0.258 e. The summed E-state index contributed by atoms with van der Waals surface area (Å²) in [6.45, 7) is 11.7. The van der Waals surface area contributed by atoms with Crippen molar-refractivity contribution in [3.8, 4) is 0 Å². The van der Waals surface area contributed by atoms with Gasteiger partial charge in [-0.1, -0.05) is 39.3 Å². The molecule has 6 nitrogen and oxygen atoms in total. The van der Waals surface area contributed by atoms with E-state index >= 15 is 0 Å². The van der Waals surface area contributed by atoms with E-state index in [0.717, 1.165) is 42.5 Å². The van der Waals surface area contributed by atoms with E-state index in [4.69, 9.17) is 11.6 Å². The van der Waals surface area contributed by atoms with Crippen LogP contribution in [0.2, 0.25) is 5.02 Å². The number of nitrogens with one attached hydrogen (secondary N) is 1. The largest absolute Gasteiger partial charge is 0.342 e.